The summed E-state index contributed by atoms with van der Waals surface area (Å²) in [5, 5.41) is 3.81. The fourth-order valence-electron chi connectivity index (χ4n) is 3.74. The number of nitrogens with zero attached hydrogens (tertiary/aromatic N) is 1. The Morgan fingerprint density at radius 1 is 1.16 bits per heavy atom. The first-order valence-corrected chi connectivity index (χ1v) is 8.22. The van der Waals surface area contributed by atoms with Crippen LogP contribution in [-0.2, 0) is 0 Å². The largest absolute Gasteiger partial charge is 0.312 e. The Hall–Kier alpha value is -0.0800. The van der Waals surface area contributed by atoms with Crippen molar-refractivity contribution in [2.24, 2.45) is 11.3 Å². The van der Waals surface area contributed by atoms with Crippen LogP contribution < -0.4 is 5.32 Å². The van der Waals surface area contributed by atoms with E-state index in [9.17, 15) is 0 Å². The Labute approximate surface area is 121 Å². The third kappa shape index (κ3) is 5.43. The van der Waals surface area contributed by atoms with Crippen molar-refractivity contribution in [2.45, 2.75) is 85.9 Å². The molecule has 1 fully saturated rings. The number of nitrogens with one attached hydrogen (secondary N) is 1. The highest BCUT2D eigenvalue weighted by molar-refractivity contribution is 4.87. The molecule has 2 heteroatoms. The maximum atomic E-state index is 3.81. The molecule has 1 aliphatic rings. The van der Waals surface area contributed by atoms with Crippen LogP contribution in [0, 0.1) is 11.3 Å². The molecule has 2 unspecified atom stereocenters. The van der Waals surface area contributed by atoms with E-state index in [-0.39, 0.29) is 0 Å². The van der Waals surface area contributed by atoms with E-state index in [1.165, 1.54) is 25.8 Å². The lowest BCUT2D eigenvalue weighted by Gasteiger charge is -2.40. The predicted octanol–water partition coefficient (Wildman–Crippen LogP) is 3.91. The Bertz CT molecular complexity index is 250. The standard InChI is InChI=1S/C17H36N2/c1-13(2)19(14(3)4)11-10-18-16-8-9-17(6,7)12-15(16)5/h13-16,18H,8-12H2,1-7H3. The minimum absolute atomic E-state index is 0.555. The van der Waals surface area contributed by atoms with Crippen molar-refractivity contribution in [3.63, 3.8) is 0 Å². The van der Waals surface area contributed by atoms with Gasteiger partial charge in [-0.15, -0.1) is 0 Å². The van der Waals surface area contributed by atoms with E-state index in [0.29, 0.717) is 17.5 Å². The summed E-state index contributed by atoms with van der Waals surface area (Å²) in [4.78, 5) is 2.57. The van der Waals surface area contributed by atoms with E-state index in [0.717, 1.165) is 18.5 Å². The molecule has 19 heavy (non-hydrogen) atoms. The zero-order chi connectivity index (χ0) is 14.6. The van der Waals surface area contributed by atoms with Gasteiger partial charge in [0.25, 0.3) is 0 Å². The summed E-state index contributed by atoms with van der Waals surface area (Å²) in [5.41, 5.74) is 0.555. The molecule has 0 bridgehead atoms. The lowest BCUT2D eigenvalue weighted by molar-refractivity contribution is 0.136. The van der Waals surface area contributed by atoms with Gasteiger partial charge in [0.05, 0.1) is 0 Å². The molecule has 1 N–H and O–H groups in total. The average Bonchev–Trinajstić information content (AvgIpc) is 2.24. The highest BCUT2D eigenvalue weighted by Crippen LogP contribution is 2.38. The van der Waals surface area contributed by atoms with Crippen LogP contribution in [0.5, 0.6) is 0 Å². The highest BCUT2D eigenvalue weighted by atomic mass is 15.2. The second-order valence-corrected chi connectivity index (χ2v) is 7.87. The van der Waals surface area contributed by atoms with Gasteiger partial charge in [0.15, 0.2) is 0 Å². The highest BCUT2D eigenvalue weighted by Gasteiger charge is 2.31. The van der Waals surface area contributed by atoms with Crippen molar-refractivity contribution in [3.05, 3.63) is 0 Å². The quantitative estimate of drug-likeness (QED) is 0.786. The Morgan fingerprint density at radius 2 is 1.74 bits per heavy atom. The first-order valence-electron chi connectivity index (χ1n) is 8.22. The number of hydrogen-bond donors (Lipinski definition) is 1. The van der Waals surface area contributed by atoms with E-state index in [4.69, 9.17) is 0 Å². The number of hydrogen-bond acceptors (Lipinski definition) is 2. The van der Waals surface area contributed by atoms with Crippen LogP contribution in [0.25, 0.3) is 0 Å². The van der Waals surface area contributed by atoms with Crippen LogP contribution in [-0.4, -0.2) is 36.1 Å². The summed E-state index contributed by atoms with van der Waals surface area (Å²) >= 11 is 0. The Kier molecular flexibility index (Phi) is 6.32. The smallest absolute Gasteiger partial charge is 0.0112 e. The van der Waals surface area contributed by atoms with Crippen LogP contribution >= 0.6 is 0 Å². The molecule has 114 valence electrons. The van der Waals surface area contributed by atoms with Crippen molar-refractivity contribution < 1.29 is 0 Å². The van der Waals surface area contributed by atoms with Crippen LogP contribution in [0.4, 0.5) is 0 Å². The summed E-state index contributed by atoms with van der Waals surface area (Å²) in [6.45, 7) is 18.7. The molecule has 0 heterocycles. The lowest BCUT2D eigenvalue weighted by Crippen LogP contribution is -2.46. The first kappa shape index (κ1) is 17.0. The van der Waals surface area contributed by atoms with Gasteiger partial charge in [-0.25, -0.2) is 0 Å². The molecule has 1 saturated carbocycles. The summed E-state index contributed by atoms with van der Waals surface area (Å²) in [5.74, 6) is 0.815. The van der Waals surface area contributed by atoms with Gasteiger partial charge in [0.2, 0.25) is 0 Å². The zero-order valence-electron chi connectivity index (χ0n) is 14.3. The van der Waals surface area contributed by atoms with Crippen molar-refractivity contribution in [1.82, 2.24) is 10.2 Å². The number of rotatable bonds is 6. The Morgan fingerprint density at radius 3 is 2.21 bits per heavy atom. The minimum Gasteiger partial charge on any atom is -0.312 e. The van der Waals surface area contributed by atoms with Crippen molar-refractivity contribution in [2.75, 3.05) is 13.1 Å². The van der Waals surface area contributed by atoms with Crippen molar-refractivity contribution in [1.29, 1.82) is 0 Å². The van der Waals surface area contributed by atoms with E-state index in [1.807, 2.05) is 0 Å². The van der Waals surface area contributed by atoms with E-state index in [2.05, 4.69) is 58.7 Å². The molecule has 0 aliphatic heterocycles. The third-order valence-electron chi connectivity index (χ3n) is 4.80. The second-order valence-electron chi connectivity index (χ2n) is 7.87. The molecule has 0 aromatic rings. The molecule has 2 atom stereocenters. The third-order valence-corrected chi connectivity index (χ3v) is 4.80. The summed E-state index contributed by atoms with van der Waals surface area (Å²) < 4.78 is 0. The lowest BCUT2D eigenvalue weighted by atomic mass is 9.70. The van der Waals surface area contributed by atoms with Gasteiger partial charge in [0.1, 0.15) is 0 Å². The second kappa shape index (κ2) is 7.08. The molecule has 0 radical (unpaired) electrons. The first-order chi connectivity index (χ1) is 8.73. The SMILES string of the molecule is CC1CC(C)(C)CCC1NCCN(C(C)C)C(C)C. The van der Waals surface area contributed by atoms with Crippen LogP contribution in [0.1, 0.15) is 67.7 Å². The van der Waals surface area contributed by atoms with E-state index in [1.54, 1.807) is 0 Å². The van der Waals surface area contributed by atoms with Gasteiger partial charge >= 0.3 is 0 Å². The molecule has 0 amide bonds. The topological polar surface area (TPSA) is 15.3 Å². The van der Waals surface area contributed by atoms with Gasteiger partial charge in [-0.1, -0.05) is 20.8 Å². The normalized spacial score (nSPS) is 27.5. The molecule has 1 aliphatic carbocycles. The van der Waals surface area contributed by atoms with Gasteiger partial charge in [-0.2, -0.15) is 0 Å². The van der Waals surface area contributed by atoms with Gasteiger partial charge < -0.3 is 5.32 Å². The predicted molar refractivity (Wildman–Crippen MR) is 85.6 cm³/mol. The van der Waals surface area contributed by atoms with E-state index < -0.39 is 0 Å². The van der Waals surface area contributed by atoms with Crippen molar-refractivity contribution >= 4 is 0 Å². The average molecular weight is 268 g/mol. The Balaban J connectivity index is 2.33. The molecule has 0 spiro atoms. The zero-order valence-corrected chi connectivity index (χ0v) is 14.3. The minimum atomic E-state index is 0.555. The summed E-state index contributed by atoms with van der Waals surface area (Å²) in [6.07, 6.45) is 4.08. The molecule has 0 aromatic heterocycles. The molecule has 0 aromatic carbocycles. The van der Waals surface area contributed by atoms with Crippen LogP contribution in [0.2, 0.25) is 0 Å². The molecular weight excluding hydrogens is 232 g/mol. The maximum absolute atomic E-state index is 3.81. The summed E-state index contributed by atoms with van der Waals surface area (Å²) in [6, 6.07) is 2.02. The van der Waals surface area contributed by atoms with Crippen LogP contribution in [0.3, 0.4) is 0 Å². The maximum Gasteiger partial charge on any atom is 0.0112 e. The van der Waals surface area contributed by atoms with Gasteiger partial charge in [0, 0.05) is 31.2 Å². The van der Waals surface area contributed by atoms with Crippen molar-refractivity contribution in [3.8, 4) is 0 Å². The van der Waals surface area contributed by atoms with Gasteiger partial charge in [-0.05, 0) is 58.3 Å². The summed E-state index contributed by atoms with van der Waals surface area (Å²) in [7, 11) is 0. The molecule has 0 saturated heterocycles. The molecular formula is C17H36N2. The van der Waals surface area contributed by atoms with E-state index >= 15 is 0 Å². The monoisotopic (exact) mass is 268 g/mol. The molecule has 1 rings (SSSR count). The van der Waals surface area contributed by atoms with Crippen LogP contribution in [0.15, 0.2) is 0 Å². The fraction of sp³-hybridized carbons (Fsp3) is 1.00. The fourth-order valence-corrected chi connectivity index (χ4v) is 3.74. The molecule has 2 nitrogen and oxygen atoms in total. The van der Waals surface area contributed by atoms with Gasteiger partial charge in [-0.3, -0.25) is 4.90 Å².